The number of hydrogen-bond donors (Lipinski definition) is 2. The second-order valence-corrected chi connectivity index (χ2v) is 8.33. The minimum absolute atomic E-state index is 0.114. The van der Waals surface area contributed by atoms with Crippen LogP contribution in [-0.2, 0) is 4.79 Å². The lowest BCUT2D eigenvalue weighted by molar-refractivity contribution is -0.115. The Morgan fingerprint density at radius 2 is 1.82 bits per heavy atom. The third-order valence-electron chi connectivity index (χ3n) is 4.69. The van der Waals surface area contributed by atoms with E-state index in [1.54, 1.807) is 0 Å². The monoisotopic (exact) mass is 393 g/mol. The normalized spacial score (nSPS) is 14.6. The Hall–Kier alpha value is -2.80. The molecule has 1 aromatic heterocycles. The number of nitrogens with zero attached hydrogens (tertiary/aromatic N) is 3. The molecule has 6 nitrogen and oxygen atoms in total. The van der Waals surface area contributed by atoms with Crippen molar-refractivity contribution in [2.75, 3.05) is 11.2 Å². The van der Waals surface area contributed by atoms with Crippen LogP contribution in [0.25, 0.3) is 0 Å². The summed E-state index contributed by atoms with van der Waals surface area (Å²) in [5.74, 6) is 7.28. The van der Waals surface area contributed by atoms with Crippen LogP contribution in [0.1, 0.15) is 46.5 Å². The number of nitrogens with one attached hydrogen (secondary N) is 1. The van der Waals surface area contributed by atoms with Gasteiger partial charge in [0.25, 0.3) is 0 Å². The molecule has 144 valence electrons. The molecule has 1 aliphatic rings. The van der Waals surface area contributed by atoms with Gasteiger partial charge in [-0.1, -0.05) is 48.2 Å². The Bertz CT molecular complexity index is 977. The molecule has 0 saturated heterocycles. The summed E-state index contributed by atoms with van der Waals surface area (Å²) in [6.45, 7) is 4.03. The molecule has 0 bridgehead atoms. The second kappa shape index (κ2) is 7.67. The van der Waals surface area contributed by atoms with E-state index in [-0.39, 0.29) is 5.91 Å². The molecule has 2 aromatic carbocycles. The van der Waals surface area contributed by atoms with E-state index in [2.05, 4.69) is 21.6 Å². The zero-order chi connectivity index (χ0) is 19.7. The largest absolute Gasteiger partial charge is 0.336 e. The lowest BCUT2D eigenvalue weighted by Crippen LogP contribution is -2.21. The first-order valence-corrected chi connectivity index (χ1v) is 10.2. The summed E-state index contributed by atoms with van der Waals surface area (Å²) in [5, 5.41) is 11.6. The average molecular weight is 394 g/mol. The Morgan fingerprint density at radius 3 is 2.46 bits per heavy atom. The van der Waals surface area contributed by atoms with Crippen molar-refractivity contribution in [3.8, 4) is 0 Å². The molecule has 1 aliphatic carbocycles. The van der Waals surface area contributed by atoms with Crippen LogP contribution in [0.15, 0.2) is 53.7 Å². The maximum atomic E-state index is 13.2. The molecule has 1 heterocycles. The van der Waals surface area contributed by atoms with E-state index in [1.807, 2.05) is 56.3 Å². The Morgan fingerprint density at radius 1 is 1.14 bits per heavy atom. The first kappa shape index (κ1) is 18.6. The second-order valence-electron chi connectivity index (χ2n) is 7.26. The fourth-order valence-electron chi connectivity index (χ4n) is 3.25. The Labute approximate surface area is 168 Å². The van der Waals surface area contributed by atoms with Crippen LogP contribution in [0.2, 0.25) is 0 Å². The number of hydrogen-bond acceptors (Lipinski definition) is 5. The number of anilines is 1. The molecule has 1 atom stereocenters. The summed E-state index contributed by atoms with van der Waals surface area (Å²) in [6.07, 6.45) is 2.19. The molecule has 0 unspecified atom stereocenters. The van der Waals surface area contributed by atoms with Crippen LogP contribution in [0.4, 0.5) is 5.69 Å². The van der Waals surface area contributed by atoms with Gasteiger partial charge in [0, 0.05) is 11.6 Å². The number of aryl methyl sites for hydroxylation is 2. The molecule has 1 saturated carbocycles. The fourth-order valence-corrected chi connectivity index (χ4v) is 4.21. The van der Waals surface area contributed by atoms with E-state index < -0.39 is 5.25 Å². The van der Waals surface area contributed by atoms with Gasteiger partial charge in [-0.15, -0.1) is 10.2 Å². The van der Waals surface area contributed by atoms with E-state index in [9.17, 15) is 4.79 Å². The van der Waals surface area contributed by atoms with Gasteiger partial charge in [0.15, 0.2) is 5.82 Å². The highest BCUT2D eigenvalue weighted by Crippen LogP contribution is 2.41. The first-order chi connectivity index (χ1) is 13.5. The zero-order valence-electron chi connectivity index (χ0n) is 15.9. The highest BCUT2D eigenvalue weighted by atomic mass is 32.2. The van der Waals surface area contributed by atoms with Gasteiger partial charge in [-0.25, -0.2) is 4.68 Å². The first-order valence-electron chi connectivity index (χ1n) is 9.32. The summed E-state index contributed by atoms with van der Waals surface area (Å²) in [7, 11) is 0. The number of benzene rings is 2. The number of carbonyl (C=O) groups excluding carboxylic acids is 1. The summed E-state index contributed by atoms with van der Waals surface area (Å²) in [5.41, 5.74) is 3.90. The van der Waals surface area contributed by atoms with Gasteiger partial charge in [-0.2, -0.15) is 0 Å². The highest BCUT2D eigenvalue weighted by molar-refractivity contribution is 8.00. The third-order valence-corrected chi connectivity index (χ3v) is 5.90. The van der Waals surface area contributed by atoms with Crippen LogP contribution in [-0.4, -0.2) is 20.8 Å². The molecule has 0 aliphatic heterocycles. The van der Waals surface area contributed by atoms with E-state index >= 15 is 0 Å². The maximum absolute atomic E-state index is 13.2. The SMILES string of the molecule is Cc1cc(C)cc(NC(=O)[C@H](Sc2nnc(C3CC3)n2N)c2ccccc2)c1. The van der Waals surface area contributed by atoms with Gasteiger partial charge in [-0.05, 0) is 55.5 Å². The summed E-state index contributed by atoms with van der Waals surface area (Å²) >= 11 is 1.32. The summed E-state index contributed by atoms with van der Waals surface area (Å²) < 4.78 is 1.53. The molecule has 3 aromatic rings. The molecule has 4 rings (SSSR count). The topological polar surface area (TPSA) is 85.8 Å². The van der Waals surface area contributed by atoms with Crippen molar-refractivity contribution in [3.63, 3.8) is 0 Å². The predicted octanol–water partition coefficient (Wildman–Crippen LogP) is 3.96. The molecular weight excluding hydrogens is 370 g/mol. The number of aromatic nitrogens is 3. The van der Waals surface area contributed by atoms with Gasteiger partial charge < -0.3 is 11.2 Å². The van der Waals surface area contributed by atoms with Crippen LogP contribution < -0.4 is 11.2 Å². The van der Waals surface area contributed by atoms with Crippen LogP contribution in [0, 0.1) is 13.8 Å². The van der Waals surface area contributed by atoms with Crippen molar-refractivity contribution in [3.05, 3.63) is 71.0 Å². The number of nitrogens with two attached hydrogens (primary N) is 1. The van der Waals surface area contributed by atoms with Gasteiger partial charge in [0.1, 0.15) is 5.25 Å². The van der Waals surface area contributed by atoms with E-state index in [4.69, 9.17) is 5.84 Å². The van der Waals surface area contributed by atoms with Crippen molar-refractivity contribution < 1.29 is 4.79 Å². The van der Waals surface area contributed by atoms with Crippen molar-refractivity contribution >= 4 is 23.4 Å². The Balaban J connectivity index is 1.61. The van der Waals surface area contributed by atoms with Crippen molar-refractivity contribution in [2.45, 2.75) is 43.0 Å². The highest BCUT2D eigenvalue weighted by Gasteiger charge is 2.31. The quantitative estimate of drug-likeness (QED) is 0.489. The minimum atomic E-state index is -0.486. The molecule has 0 radical (unpaired) electrons. The minimum Gasteiger partial charge on any atom is -0.336 e. The smallest absolute Gasteiger partial charge is 0.242 e. The predicted molar refractivity (Wildman–Crippen MR) is 112 cm³/mol. The van der Waals surface area contributed by atoms with E-state index in [0.29, 0.717) is 11.1 Å². The Kier molecular flexibility index (Phi) is 5.09. The molecule has 7 heteroatoms. The number of amides is 1. The van der Waals surface area contributed by atoms with Crippen LogP contribution >= 0.6 is 11.8 Å². The molecule has 1 fully saturated rings. The fraction of sp³-hybridized carbons (Fsp3) is 0.286. The van der Waals surface area contributed by atoms with Crippen molar-refractivity contribution in [1.29, 1.82) is 0 Å². The molecule has 3 N–H and O–H groups in total. The van der Waals surface area contributed by atoms with E-state index in [0.717, 1.165) is 41.0 Å². The van der Waals surface area contributed by atoms with Crippen LogP contribution in [0.5, 0.6) is 0 Å². The van der Waals surface area contributed by atoms with Gasteiger partial charge >= 0.3 is 0 Å². The zero-order valence-corrected chi connectivity index (χ0v) is 16.7. The number of carbonyl (C=O) groups is 1. The third kappa shape index (κ3) is 4.04. The van der Waals surface area contributed by atoms with Gasteiger partial charge in [0.2, 0.25) is 11.1 Å². The van der Waals surface area contributed by atoms with Gasteiger partial charge in [-0.3, -0.25) is 4.79 Å². The van der Waals surface area contributed by atoms with Crippen molar-refractivity contribution in [1.82, 2.24) is 14.9 Å². The molecule has 1 amide bonds. The maximum Gasteiger partial charge on any atom is 0.242 e. The summed E-state index contributed by atoms with van der Waals surface area (Å²) in [6, 6.07) is 15.7. The number of rotatable bonds is 6. The standard InChI is InChI=1S/C21H23N5OS/c1-13-10-14(2)12-17(11-13)23-20(27)18(15-6-4-3-5-7-15)28-21-25-24-19(26(21)22)16-8-9-16/h3-7,10-12,16,18H,8-9,22H2,1-2H3,(H,23,27)/t18-/m1/s1. The average Bonchev–Trinajstić information content (AvgIpc) is 3.43. The summed E-state index contributed by atoms with van der Waals surface area (Å²) in [4.78, 5) is 13.2. The number of nitrogen functional groups attached to an aromatic ring is 1. The lowest BCUT2D eigenvalue weighted by Gasteiger charge is -2.17. The lowest BCUT2D eigenvalue weighted by atomic mass is 10.1. The van der Waals surface area contributed by atoms with Crippen molar-refractivity contribution in [2.24, 2.45) is 0 Å². The molecular formula is C21H23N5OS. The van der Waals surface area contributed by atoms with Crippen LogP contribution in [0.3, 0.4) is 0 Å². The molecule has 28 heavy (non-hydrogen) atoms. The van der Waals surface area contributed by atoms with E-state index in [1.165, 1.54) is 16.4 Å². The molecule has 0 spiro atoms. The van der Waals surface area contributed by atoms with Gasteiger partial charge in [0.05, 0.1) is 0 Å². The number of thioether (sulfide) groups is 1.